The highest BCUT2D eigenvalue weighted by molar-refractivity contribution is 6.53. The van der Waals surface area contributed by atoms with Crippen LogP contribution in [0.4, 0.5) is 0 Å². The van der Waals surface area contributed by atoms with Crippen molar-refractivity contribution in [3.05, 3.63) is 0 Å². The zero-order valence-corrected chi connectivity index (χ0v) is 11.1. The van der Waals surface area contributed by atoms with Crippen LogP contribution in [0.15, 0.2) is 0 Å². The Morgan fingerprint density at radius 2 is 1.07 bits per heavy atom. The maximum Gasteiger partial charge on any atom is 0.127 e. The van der Waals surface area contributed by atoms with Crippen LogP contribution in [0.2, 0.25) is 0 Å². The van der Waals surface area contributed by atoms with Crippen molar-refractivity contribution in [2.45, 2.75) is 35.4 Å². The SMILES string of the molecule is C[C@]12C[C@H]3C(Cl)(Cl)[C@]3(C)C[C@@H]1C2(Cl)Cl. The molecule has 3 aliphatic rings. The van der Waals surface area contributed by atoms with Gasteiger partial charge in [-0.25, -0.2) is 0 Å². The molecule has 0 N–H and O–H groups in total. The van der Waals surface area contributed by atoms with E-state index in [1.807, 2.05) is 0 Å². The second-order valence-electron chi connectivity index (χ2n) is 5.59. The minimum absolute atomic E-state index is 0.0474. The zero-order valence-electron chi connectivity index (χ0n) is 8.08. The van der Waals surface area contributed by atoms with Gasteiger partial charge in [0.1, 0.15) is 8.67 Å². The highest BCUT2D eigenvalue weighted by Gasteiger charge is 2.86. The third kappa shape index (κ3) is 0.805. The molecule has 3 aliphatic carbocycles. The van der Waals surface area contributed by atoms with Crippen LogP contribution in [0, 0.1) is 22.7 Å². The van der Waals surface area contributed by atoms with Crippen molar-refractivity contribution < 1.29 is 0 Å². The van der Waals surface area contributed by atoms with Crippen LogP contribution in [-0.2, 0) is 0 Å². The molecular formula is C10H12Cl4. The van der Waals surface area contributed by atoms with Gasteiger partial charge in [0.2, 0.25) is 0 Å². The molecule has 80 valence electrons. The largest absolute Gasteiger partial charge is 0.127 e. The Morgan fingerprint density at radius 3 is 1.36 bits per heavy atom. The van der Waals surface area contributed by atoms with Gasteiger partial charge in [-0.05, 0) is 12.8 Å². The molecule has 0 aromatic rings. The Balaban J connectivity index is 1.93. The molecule has 0 radical (unpaired) electrons. The Morgan fingerprint density at radius 1 is 0.786 bits per heavy atom. The van der Waals surface area contributed by atoms with Crippen LogP contribution in [0.1, 0.15) is 26.7 Å². The highest BCUT2D eigenvalue weighted by Crippen LogP contribution is 2.87. The third-order valence-electron chi connectivity index (χ3n) is 5.03. The molecule has 0 amide bonds. The number of alkyl halides is 4. The lowest BCUT2D eigenvalue weighted by atomic mass is 9.84. The molecule has 0 unspecified atom stereocenters. The predicted octanol–water partition coefficient (Wildman–Crippen LogP) is 4.40. The monoisotopic (exact) mass is 272 g/mol. The Hall–Kier alpha value is 1.16. The van der Waals surface area contributed by atoms with E-state index in [1.165, 1.54) is 0 Å². The summed E-state index contributed by atoms with van der Waals surface area (Å²) in [5, 5.41) is 0. The van der Waals surface area contributed by atoms with Crippen molar-refractivity contribution in [1.29, 1.82) is 0 Å². The van der Waals surface area contributed by atoms with Crippen molar-refractivity contribution in [2.75, 3.05) is 0 Å². The summed E-state index contributed by atoms with van der Waals surface area (Å²) in [5.74, 6) is 0.748. The molecule has 3 fully saturated rings. The van der Waals surface area contributed by atoms with E-state index in [-0.39, 0.29) is 10.8 Å². The smallest absolute Gasteiger partial charge is 0.101 e. The van der Waals surface area contributed by atoms with E-state index >= 15 is 0 Å². The van der Waals surface area contributed by atoms with Crippen molar-refractivity contribution >= 4 is 46.4 Å². The lowest BCUT2D eigenvalue weighted by Gasteiger charge is -2.19. The van der Waals surface area contributed by atoms with Crippen molar-refractivity contribution in [3.8, 4) is 0 Å². The van der Waals surface area contributed by atoms with Crippen LogP contribution in [-0.4, -0.2) is 8.67 Å². The molecule has 4 atom stereocenters. The molecule has 0 aliphatic heterocycles. The van der Waals surface area contributed by atoms with E-state index in [1.54, 1.807) is 0 Å². The summed E-state index contributed by atoms with van der Waals surface area (Å²) in [6.45, 7) is 4.30. The first-order valence-corrected chi connectivity index (χ1v) is 6.45. The molecule has 14 heavy (non-hydrogen) atoms. The number of rotatable bonds is 0. The van der Waals surface area contributed by atoms with Crippen molar-refractivity contribution in [1.82, 2.24) is 0 Å². The maximum absolute atomic E-state index is 6.27. The molecule has 0 heterocycles. The molecule has 3 saturated carbocycles. The fraction of sp³-hybridized carbons (Fsp3) is 1.00. The van der Waals surface area contributed by atoms with E-state index in [2.05, 4.69) is 13.8 Å². The minimum atomic E-state index is -0.534. The summed E-state index contributed by atoms with van der Waals surface area (Å²) in [5.41, 5.74) is 0.0949. The second-order valence-corrected chi connectivity index (χ2v) is 8.37. The molecule has 0 aromatic heterocycles. The molecule has 0 bridgehead atoms. The molecular weight excluding hydrogens is 262 g/mol. The fourth-order valence-corrected chi connectivity index (χ4v) is 5.35. The lowest BCUT2D eigenvalue weighted by molar-refractivity contribution is 0.283. The quantitative estimate of drug-likeness (QED) is 0.574. The van der Waals surface area contributed by atoms with Crippen LogP contribution in [0.25, 0.3) is 0 Å². The van der Waals surface area contributed by atoms with Crippen molar-refractivity contribution in [2.24, 2.45) is 22.7 Å². The first-order chi connectivity index (χ1) is 6.18. The van der Waals surface area contributed by atoms with Crippen LogP contribution >= 0.6 is 46.4 Å². The van der Waals surface area contributed by atoms with Crippen LogP contribution in [0.5, 0.6) is 0 Å². The molecule has 3 rings (SSSR count). The van der Waals surface area contributed by atoms with Gasteiger partial charge in [-0.1, -0.05) is 13.8 Å². The van der Waals surface area contributed by atoms with Gasteiger partial charge in [0, 0.05) is 22.7 Å². The summed E-state index contributed by atoms with van der Waals surface area (Å²) in [7, 11) is 0. The normalized spacial score (nSPS) is 61.3. The van der Waals surface area contributed by atoms with E-state index < -0.39 is 8.67 Å². The third-order valence-corrected chi connectivity index (χ3v) is 7.81. The Labute approximate surface area is 104 Å². The second kappa shape index (κ2) is 2.23. The van der Waals surface area contributed by atoms with Crippen LogP contribution < -0.4 is 0 Å². The summed E-state index contributed by atoms with van der Waals surface area (Å²) in [6, 6.07) is 0. The summed E-state index contributed by atoms with van der Waals surface area (Å²) < 4.78 is -1.07. The van der Waals surface area contributed by atoms with Gasteiger partial charge in [-0.15, -0.1) is 46.4 Å². The minimum Gasteiger partial charge on any atom is -0.101 e. The average Bonchev–Trinajstić information content (AvgIpc) is 2.65. The van der Waals surface area contributed by atoms with E-state index in [9.17, 15) is 0 Å². The van der Waals surface area contributed by atoms with Gasteiger partial charge < -0.3 is 0 Å². The molecule has 4 heteroatoms. The van der Waals surface area contributed by atoms with Gasteiger partial charge in [-0.3, -0.25) is 0 Å². The van der Waals surface area contributed by atoms with Gasteiger partial charge in [-0.2, -0.15) is 0 Å². The fourth-order valence-electron chi connectivity index (χ4n) is 3.46. The van der Waals surface area contributed by atoms with Gasteiger partial charge >= 0.3 is 0 Å². The van der Waals surface area contributed by atoms with Gasteiger partial charge in [0.25, 0.3) is 0 Å². The predicted molar refractivity (Wildman–Crippen MR) is 61.3 cm³/mol. The average molecular weight is 274 g/mol. The topological polar surface area (TPSA) is 0 Å². The number of hydrogen-bond donors (Lipinski definition) is 0. The molecule has 0 saturated heterocycles. The van der Waals surface area contributed by atoms with E-state index in [4.69, 9.17) is 46.4 Å². The number of halogens is 4. The first-order valence-electron chi connectivity index (χ1n) is 4.93. The Bertz CT molecular complexity index is 292. The highest BCUT2D eigenvalue weighted by atomic mass is 35.5. The van der Waals surface area contributed by atoms with E-state index in [0.717, 1.165) is 12.8 Å². The molecule has 0 nitrogen and oxygen atoms in total. The maximum atomic E-state index is 6.27. The first kappa shape index (κ1) is 10.3. The van der Waals surface area contributed by atoms with Gasteiger partial charge in [0.05, 0.1) is 0 Å². The summed E-state index contributed by atoms with van der Waals surface area (Å²) in [4.78, 5) is 0. The molecule has 0 aromatic carbocycles. The van der Waals surface area contributed by atoms with Gasteiger partial charge in [0.15, 0.2) is 0 Å². The van der Waals surface area contributed by atoms with Crippen molar-refractivity contribution in [3.63, 3.8) is 0 Å². The number of hydrogen-bond acceptors (Lipinski definition) is 0. The van der Waals surface area contributed by atoms with E-state index in [0.29, 0.717) is 11.8 Å². The standard InChI is InChI=1S/C10H12Cl4/c1-7-3-6-8(2,10(6,13)14)4-5(7)9(7,11)12/h5-6H,3-4H2,1-2H3/t5-,6+,7-,8+. The summed E-state index contributed by atoms with van der Waals surface area (Å²) >= 11 is 25.1. The zero-order chi connectivity index (χ0) is 10.6. The molecule has 0 spiro atoms. The van der Waals surface area contributed by atoms with Crippen LogP contribution in [0.3, 0.4) is 0 Å². The number of fused-ring (bicyclic) bond motifs is 2. The Kier molecular flexibility index (Phi) is 1.64. The lowest BCUT2D eigenvalue weighted by Crippen LogP contribution is -2.13. The summed E-state index contributed by atoms with van der Waals surface area (Å²) in [6.07, 6.45) is 1.93.